The van der Waals surface area contributed by atoms with Crippen molar-refractivity contribution < 1.29 is 27.9 Å². The Morgan fingerprint density at radius 2 is 1.74 bits per heavy atom. The molecule has 2 atom stereocenters. The highest BCUT2D eigenvalue weighted by atomic mass is 19.4. The molecule has 1 aromatic carbocycles. The third-order valence-electron chi connectivity index (χ3n) is 5.19. The van der Waals surface area contributed by atoms with Crippen LogP contribution >= 0.6 is 0 Å². The smallest absolute Gasteiger partial charge is 0.394 e. The van der Waals surface area contributed by atoms with Crippen LogP contribution in [0.25, 0.3) is 0 Å². The minimum absolute atomic E-state index is 0.461. The summed E-state index contributed by atoms with van der Waals surface area (Å²) < 4.78 is 39.3. The molecule has 0 spiro atoms. The molecular formula is C18H22F3N3O3. The van der Waals surface area contributed by atoms with Crippen LogP contribution in [0.1, 0.15) is 19.3 Å². The number of nitrogens with one attached hydrogen (secondary N) is 1. The number of carboxylic acids is 1. The van der Waals surface area contributed by atoms with Gasteiger partial charge in [0.05, 0.1) is 23.2 Å². The number of carbonyl (C=O) groups excluding carboxylic acids is 1. The molecular weight excluding hydrogens is 363 g/mol. The van der Waals surface area contributed by atoms with E-state index in [0.29, 0.717) is 5.69 Å². The van der Waals surface area contributed by atoms with Crippen molar-refractivity contribution in [2.24, 2.45) is 11.8 Å². The van der Waals surface area contributed by atoms with Crippen molar-refractivity contribution in [3.05, 3.63) is 24.3 Å². The molecule has 0 saturated carbocycles. The zero-order valence-electron chi connectivity index (χ0n) is 14.7. The Balaban J connectivity index is 1.74. The number of para-hydroxylation sites is 2. The van der Waals surface area contributed by atoms with E-state index >= 15 is 0 Å². The Bertz CT molecular complexity index is 705. The van der Waals surface area contributed by atoms with Crippen LogP contribution in [-0.4, -0.2) is 54.4 Å². The van der Waals surface area contributed by atoms with Crippen molar-refractivity contribution in [2.45, 2.75) is 25.4 Å². The van der Waals surface area contributed by atoms with Gasteiger partial charge in [-0.3, -0.25) is 4.79 Å². The second-order valence-corrected chi connectivity index (χ2v) is 6.99. The van der Waals surface area contributed by atoms with E-state index in [9.17, 15) is 22.8 Å². The van der Waals surface area contributed by atoms with Crippen LogP contribution in [0, 0.1) is 11.8 Å². The molecule has 148 valence electrons. The van der Waals surface area contributed by atoms with E-state index in [1.165, 1.54) is 0 Å². The number of aliphatic carboxylic acids is 1. The molecule has 9 heteroatoms. The zero-order valence-corrected chi connectivity index (χ0v) is 14.7. The third kappa shape index (κ3) is 4.28. The largest absolute Gasteiger partial charge is 0.481 e. The second-order valence-electron chi connectivity index (χ2n) is 6.99. The summed E-state index contributed by atoms with van der Waals surface area (Å²) in [5.41, 5.74) is 1.35. The first-order valence-electron chi connectivity index (χ1n) is 8.97. The molecule has 1 aromatic rings. The lowest BCUT2D eigenvalue weighted by atomic mass is 9.96. The first-order valence-corrected chi connectivity index (χ1v) is 8.97. The van der Waals surface area contributed by atoms with Gasteiger partial charge in [0.1, 0.15) is 0 Å². The minimum atomic E-state index is -4.66. The van der Waals surface area contributed by atoms with Crippen LogP contribution in [-0.2, 0) is 4.79 Å². The Kier molecular flexibility index (Phi) is 5.48. The fourth-order valence-electron chi connectivity index (χ4n) is 3.74. The van der Waals surface area contributed by atoms with Crippen molar-refractivity contribution in [3.8, 4) is 0 Å². The molecule has 0 aliphatic carbocycles. The number of piperidine rings is 1. The first kappa shape index (κ1) is 19.3. The van der Waals surface area contributed by atoms with Gasteiger partial charge >= 0.3 is 18.2 Å². The van der Waals surface area contributed by atoms with E-state index in [2.05, 4.69) is 10.2 Å². The SMILES string of the molecule is O=C(O)[C@@H]1CN(C(=O)Nc2ccccc2N2CCCCC2)C[C@H]1C(F)(F)F. The van der Waals surface area contributed by atoms with E-state index in [0.717, 1.165) is 42.9 Å². The van der Waals surface area contributed by atoms with Gasteiger partial charge in [0.15, 0.2) is 0 Å². The average molecular weight is 385 g/mol. The molecule has 2 aliphatic rings. The summed E-state index contributed by atoms with van der Waals surface area (Å²) in [6.07, 6.45) is -1.43. The Morgan fingerprint density at radius 1 is 1.07 bits per heavy atom. The van der Waals surface area contributed by atoms with Crippen molar-refractivity contribution in [1.82, 2.24) is 4.90 Å². The number of nitrogens with zero attached hydrogens (tertiary/aromatic N) is 2. The van der Waals surface area contributed by atoms with E-state index < -0.39 is 43.1 Å². The highest BCUT2D eigenvalue weighted by Crippen LogP contribution is 2.38. The molecule has 0 radical (unpaired) electrons. The average Bonchev–Trinajstić information content (AvgIpc) is 3.09. The van der Waals surface area contributed by atoms with Crippen LogP contribution in [0.3, 0.4) is 0 Å². The molecule has 2 heterocycles. The van der Waals surface area contributed by atoms with E-state index in [1.54, 1.807) is 12.1 Å². The number of amides is 2. The fraction of sp³-hybridized carbons (Fsp3) is 0.556. The van der Waals surface area contributed by atoms with E-state index in [-0.39, 0.29) is 0 Å². The number of alkyl halides is 3. The summed E-state index contributed by atoms with van der Waals surface area (Å²) in [7, 11) is 0. The number of carboxylic acid groups (broad SMARTS) is 1. The molecule has 0 aromatic heterocycles. The molecule has 2 amide bonds. The number of rotatable bonds is 3. The van der Waals surface area contributed by atoms with Gasteiger partial charge in [-0.1, -0.05) is 12.1 Å². The number of urea groups is 1. The van der Waals surface area contributed by atoms with Crippen LogP contribution in [0.5, 0.6) is 0 Å². The van der Waals surface area contributed by atoms with Crippen molar-refractivity contribution in [2.75, 3.05) is 36.4 Å². The summed E-state index contributed by atoms with van der Waals surface area (Å²) in [6, 6.07) is 6.44. The van der Waals surface area contributed by atoms with Crippen molar-refractivity contribution in [3.63, 3.8) is 0 Å². The second kappa shape index (κ2) is 7.66. The maximum atomic E-state index is 13.1. The van der Waals surface area contributed by atoms with Gasteiger partial charge in [-0.05, 0) is 31.4 Å². The van der Waals surface area contributed by atoms with Gasteiger partial charge < -0.3 is 20.2 Å². The standard InChI is InChI=1S/C18H22F3N3O3/c19-18(20,21)13-11-24(10-12(13)16(25)26)17(27)22-14-6-2-3-7-15(14)23-8-4-1-5-9-23/h2-3,6-7,12-13H,1,4-5,8-11H2,(H,22,27)(H,25,26)/t12-,13-/m1/s1. The van der Waals surface area contributed by atoms with E-state index in [4.69, 9.17) is 5.11 Å². The lowest BCUT2D eigenvalue weighted by Gasteiger charge is -2.31. The van der Waals surface area contributed by atoms with Gasteiger partial charge in [-0.2, -0.15) is 13.2 Å². The monoisotopic (exact) mass is 385 g/mol. The predicted octanol–water partition coefficient (Wildman–Crippen LogP) is 3.40. The maximum absolute atomic E-state index is 13.1. The number of carbonyl (C=O) groups is 2. The zero-order chi connectivity index (χ0) is 19.6. The summed E-state index contributed by atoms with van der Waals surface area (Å²) in [5, 5.41) is 11.8. The molecule has 3 rings (SSSR count). The number of anilines is 2. The first-order chi connectivity index (χ1) is 12.8. The molecule has 2 N–H and O–H groups in total. The van der Waals surface area contributed by atoms with Crippen molar-refractivity contribution in [1.29, 1.82) is 0 Å². The van der Waals surface area contributed by atoms with Crippen LogP contribution in [0.2, 0.25) is 0 Å². The normalized spacial score (nSPS) is 23.4. The number of hydrogen-bond acceptors (Lipinski definition) is 3. The van der Waals surface area contributed by atoms with Gasteiger partial charge in [0, 0.05) is 26.2 Å². The lowest BCUT2D eigenvalue weighted by Crippen LogP contribution is -2.36. The molecule has 0 unspecified atom stereocenters. The highest BCUT2D eigenvalue weighted by Gasteiger charge is 2.53. The number of halogens is 3. The van der Waals surface area contributed by atoms with Gasteiger partial charge in [0.2, 0.25) is 0 Å². The maximum Gasteiger partial charge on any atom is 0.394 e. The van der Waals surface area contributed by atoms with Crippen LogP contribution < -0.4 is 10.2 Å². The van der Waals surface area contributed by atoms with Crippen molar-refractivity contribution >= 4 is 23.4 Å². The van der Waals surface area contributed by atoms with Crippen LogP contribution in [0.4, 0.5) is 29.3 Å². The van der Waals surface area contributed by atoms with Crippen LogP contribution in [0.15, 0.2) is 24.3 Å². The number of hydrogen-bond donors (Lipinski definition) is 2. The molecule has 6 nitrogen and oxygen atoms in total. The van der Waals surface area contributed by atoms with Gasteiger partial charge in [-0.25, -0.2) is 4.79 Å². The predicted molar refractivity (Wildman–Crippen MR) is 93.8 cm³/mol. The van der Waals surface area contributed by atoms with Gasteiger partial charge in [0.25, 0.3) is 0 Å². The molecule has 2 saturated heterocycles. The highest BCUT2D eigenvalue weighted by molar-refractivity contribution is 5.93. The summed E-state index contributed by atoms with van der Waals surface area (Å²) in [6.45, 7) is 0.594. The summed E-state index contributed by atoms with van der Waals surface area (Å²) in [5.74, 6) is -5.24. The Hall–Kier alpha value is -2.45. The minimum Gasteiger partial charge on any atom is -0.481 e. The van der Waals surface area contributed by atoms with Gasteiger partial charge in [-0.15, -0.1) is 0 Å². The molecule has 0 bridgehead atoms. The lowest BCUT2D eigenvalue weighted by molar-refractivity contribution is -0.187. The van der Waals surface area contributed by atoms with E-state index in [1.807, 2.05) is 12.1 Å². The summed E-state index contributed by atoms with van der Waals surface area (Å²) >= 11 is 0. The summed E-state index contributed by atoms with van der Waals surface area (Å²) in [4.78, 5) is 26.8. The number of likely N-dealkylation sites (tertiary alicyclic amines) is 1. The quantitative estimate of drug-likeness (QED) is 0.837. The molecule has 27 heavy (non-hydrogen) atoms. The Labute approximate surface area is 154 Å². The topological polar surface area (TPSA) is 72.9 Å². The molecule has 2 fully saturated rings. The molecule has 2 aliphatic heterocycles. The number of benzene rings is 1. The fourth-order valence-corrected chi connectivity index (χ4v) is 3.74. The third-order valence-corrected chi connectivity index (χ3v) is 5.19. The Morgan fingerprint density at radius 3 is 2.33 bits per heavy atom.